The first-order valence-electron chi connectivity index (χ1n) is 5.72. The molecule has 2 N–H and O–H groups in total. The van der Waals surface area contributed by atoms with Crippen molar-refractivity contribution in [2.45, 2.75) is 19.1 Å². The standard InChI is InChI=1S/C11H15N5S/c12-6-9(10-2-1-5-17-10)15-3-4-16-8-13-14-11(16)7-15/h1-2,5,8-9H,3-4,6-7,12H2. The van der Waals surface area contributed by atoms with Crippen LogP contribution in [0.4, 0.5) is 0 Å². The van der Waals surface area contributed by atoms with Gasteiger partial charge in [-0.05, 0) is 11.4 Å². The van der Waals surface area contributed by atoms with Crippen LogP contribution in [0.2, 0.25) is 0 Å². The fraction of sp³-hybridized carbons (Fsp3) is 0.455. The van der Waals surface area contributed by atoms with E-state index in [0.717, 1.165) is 25.5 Å². The number of hydrogen-bond acceptors (Lipinski definition) is 5. The van der Waals surface area contributed by atoms with Gasteiger partial charge in [-0.1, -0.05) is 6.07 Å². The van der Waals surface area contributed by atoms with Gasteiger partial charge in [0.1, 0.15) is 12.2 Å². The summed E-state index contributed by atoms with van der Waals surface area (Å²) in [6.07, 6.45) is 1.80. The van der Waals surface area contributed by atoms with Crippen molar-refractivity contribution < 1.29 is 0 Å². The van der Waals surface area contributed by atoms with Gasteiger partial charge in [0.05, 0.1) is 12.6 Å². The van der Waals surface area contributed by atoms with E-state index >= 15 is 0 Å². The normalized spacial score (nSPS) is 17.9. The highest BCUT2D eigenvalue weighted by molar-refractivity contribution is 7.10. The van der Waals surface area contributed by atoms with E-state index in [9.17, 15) is 0 Å². The lowest BCUT2D eigenvalue weighted by Gasteiger charge is -2.33. The highest BCUT2D eigenvalue weighted by Gasteiger charge is 2.25. The quantitative estimate of drug-likeness (QED) is 0.876. The molecule has 0 bridgehead atoms. The van der Waals surface area contributed by atoms with E-state index < -0.39 is 0 Å². The molecule has 0 saturated carbocycles. The molecule has 6 heteroatoms. The van der Waals surface area contributed by atoms with Gasteiger partial charge < -0.3 is 10.3 Å². The molecule has 1 atom stereocenters. The first kappa shape index (κ1) is 10.9. The molecule has 1 aliphatic rings. The number of aromatic nitrogens is 3. The van der Waals surface area contributed by atoms with Gasteiger partial charge in [0.25, 0.3) is 0 Å². The van der Waals surface area contributed by atoms with Crippen LogP contribution < -0.4 is 5.73 Å². The second kappa shape index (κ2) is 4.56. The summed E-state index contributed by atoms with van der Waals surface area (Å²) >= 11 is 1.77. The molecular formula is C11H15N5S. The monoisotopic (exact) mass is 249 g/mol. The lowest BCUT2D eigenvalue weighted by atomic mass is 10.2. The number of hydrogen-bond donors (Lipinski definition) is 1. The van der Waals surface area contributed by atoms with E-state index in [4.69, 9.17) is 5.73 Å². The van der Waals surface area contributed by atoms with Crippen molar-refractivity contribution in [2.75, 3.05) is 13.1 Å². The van der Waals surface area contributed by atoms with Crippen LogP contribution in [0.3, 0.4) is 0 Å². The molecule has 1 aliphatic heterocycles. The van der Waals surface area contributed by atoms with Crippen LogP contribution in [-0.2, 0) is 13.1 Å². The van der Waals surface area contributed by atoms with Gasteiger partial charge in [-0.15, -0.1) is 21.5 Å². The predicted molar refractivity (Wildman–Crippen MR) is 66.5 cm³/mol. The van der Waals surface area contributed by atoms with Crippen molar-refractivity contribution in [1.82, 2.24) is 19.7 Å². The predicted octanol–water partition coefficient (Wildman–Crippen LogP) is 0.855. The van der Waals surface area contributed by atoms with Crippen molar-refractivity contribution in [3.8, 4) is 0 Å². The van der Waals surface area contributed by atoms with Crippen molar-refractivity contribution in [3.05, 3.63) is 34.5 Å². The Balaban J connectivity index is 1.81. The van der Waals surface area contributed by atoms with E-state index in [0.29, 0.717) is 12.6 Å². The number of nitrogens with zero attached hydrogens (tertiary/aromatic N) is 4. The van der Waals surface area contributed by atoms with Crippen LogP contribution in [0.25, 0.3) is 0 Å². The van der Waals surface area contributed by atoms with Gasteiger partial charge in [0.2, 0.25) is 0 Å². The van der Waals surface area contributed by atoms with Crippen LogP contribution in [0.1, 0.15) is 16.7 Å². The average Bonchev–Trinajstić information content (AvgIpc) is 2.99. The summed E-state index contributed by atoms with van der Waals surface area (Å²) in [7, 11) is 0. The van der Waals surface area contributed by atoms with E-state index in [1.165, 1.54) is 4.88 Å². The maximum absolute atomic E-state index is 5.91. The molecule has 2 aromatic heterocycles. The minimum atomic E-state index is 0.306. The zero-order valence-electron chi connectivity index (χ0n) is 9.49. The second-order valence-corrected chi connectivity index (χ2v) is 5.16. The smallest absolute Gasteiger partial charge is 0.147 e. The minimum Gasteiger partial charge on any atom is -0.329 e. The third-order valence-electron chi connectivity index (χ3n) is 3.20. The largest absolute Gasteiger partial charge is 0.329 e. The summed E-state index contributed by atoms with van der Waals surface area (Å²) < 4.78 is 2.11. The Hall–Kier alpha value is -1.24. The lowest BCUT2D eigenvalue weighted by Crippen LogP contribution is -2.39. The Morgan fingerprint density at radius 2 is 2.41 bits per heavy atom. The summed E-state index contributed by atoms with van der Waals surface area (Å²) in [6, 6.07) is 4.54. The molecule has 0 saturated heterocycles. The van der Waals surface area contributed by atoms with E-state index in [2.05, 4.69) is 37.2 Å². The van der Waals surface area contributed by atoms with Crippen LogP contribution >= 0.6 is 11.3 Å². The molecule has 1 unspecified atom stereocenters. The molecule has 0 aromatic carbocycles. The highest BCUT2D eigenvalue weighted by atomic mass is 32.1. The molecule has 90 valence electrons. The summed E-state index contributed by atoms with van der Waals surface area (Å²) in [5, 5.41) is 10.2. The van der Waals surface area contributed by atoms with Gasteiger partial charge in [-0.25, -0.2) is 0 Å². The summed E-state index contributed by atoms with van der Waals surface area (Å²) in [5.74, 6) is 1.03. The third-order valence-corrected chi connectivity index (χ3v) is 4.18. The lowest BCUT2D eigenvalue weighted by molar-refractivity contribution is 0.158. The Kier molecular flexibility index (Phi) is 2.92. The van der Waals surface area contributed by atoms with E-state index in [-0.39, 0.29) is 0 Å². The van der Waals surface area contributed by atoms with Gasteiger partial charge in [0.15, 0.2) is 0 Å². The van der Waals surface area contributed by atoms with Crippen LogP contribution in [0, 0.1) is 0 Å². The first-order chi connectivity index (χ1) is 8.38. The number of fused-ring (bicyclic) bond motifs is 1. The molecule has 0 spiro atoms. The van der Waals surface area contributed by atoms with Crippen molar-refractivity contribution in [2.24, 2.45) is 5.73 Å². The number of thiophene rings is 1. The zero-order valence-corrected chi connectivity index (χ0v) is 10.3. The minimum absolute atomic E-state index is 0.306. The van der Waals surface area contributed by atoms with Crippen molar-refractivity contribution in [3.63, 3.8) is 0 Å². The van der Waals surface area contributed by atoms with Crippen molar-refractivity contribution >= 4 is 11.3 Å². The molecule has 0 fully saturated rings. The SMILES string of the molecule is NCC(c1cccs1)N1CCn2cnnc2C1. The van der Waals surface area contributed by atoms with Gasteiger partial charge in [-0.3, -0.25) is 4.90 Å². The number of nitrogens with two attached hydrogens (primary N) is 1. The van der Waals surface area contributed by atoms with Gasteiger partial charge in [-0.2, -0.15) is 0 Å². The van der Waals surface area contributed by atoms with Gasteiger partial charge in [0, 0.05) is 24.5 Å². The molecule has 5 nitrogen and oxygen atoms in total. The van der Waals surface area contributed by atoms with E-state index in [1.807, 2.05) is 0 Å². The number of rotatable bonds is 3. The van der Waals surface area contributed by atoms with Crippen LogP contribution in [-0.4, -0.2) is 32.8 Å². The Morgan fingerprint density at radius 3 is 3.18 bits per heavy atom. The maximum Gasteiger partial charge on any atom is 0.147 e. The first-order valence-corrected chi connectivity index (χ1v) is 6.60. The third kappa shape index (κ3) is 1.99. The van der Waals surface area contributed by atoms with Crippen LogP contribution in [0.5, 0.6) is 0 Å². The van der Waals surface area contributed by atoms with Crippen molar-refractivity contribution in [1.29, 1.82) is 0 Å². The summed E-state index contributed by atoms with van der Waals surface area (Å²) in [4.78, 5) is 3.72. The molecule has 3 rings (SSSR count). The molecule has 3 heterocycles. The maximum atomic E-state index is 5.91. The Labute approximate surface area is 104 Å². The Bertz CT molecular complexity index is 478. The molecule has 0 aliphatic carbocycles. The average molecular weight is 249 g/mol. The second-order valence-electron chi connectivity index (χ2n) is 4.18. The molecule has 17 heavy (non-hydrogen) atoms. The Morgan fingerprint density at radius 1 is 1.47 bits per heavy atom. The van der Waals surface area contributed by atoms with E-state index in [1.54, 1.807) is 17.7 Å². The molecule has 2 aromatic rings. The molecular weight excluding hydrogens is 234 g/mol. The fourth-order valence-corrected chi connectivity index (χ4v) is 3.15. The van der Waals surface area contributed by atoms with Gasteiger partial charge >= 0.3 is 0 Å². The molecule has 0 amide bonds. The van der Waals surface area contributed by atoms with Crippen LogP contribution in [0.15, 0.2) is 23.8 Å². The summed E-state index contributed by atoms with van der Waals surface area (Å²) in [5.41, 5.74) is 5.91. The fourth-order valence-electron chi connectivity index (χ4n) is 2.28. The summed E-state index contributed by atoms with van der Waals surface area (Å²) in [6.45, 7) is 3.43. The topological polar surface area (TPSA) is 60.0 Å². The zero-order chi connectivity index (χ0) is 11.7. The molecule has 0 radical (unpaired) electrons. The highest BCUT2D eigenvalue weighted by Crippen LogP contribution is 2.26.